The highest BCUT2D eigenvalue weighted by atomic mass is 16.3. The van der Waals surface area contributed by atoms with Gasteiger partial charge in [0.25, 0.3) is 5.91 Å². The zero-order valence-corrected chi connectivity index (χ0v) is 16.7. The number of aromatic nitrogens is 1. The molecule has 0 aliphatic heterocycles. The first-order chi connectivity index (χ1) is 13.3. The number of anilines is 1. The van der Waals surface area contributed by atoms with Crippen LogP contribution in [0.25, 0.3) is 10.9 Å². The quantitative estimate of drug-likeness (QED) is 0.454. The van der Waals surface area contributed by atoms with Gasteiger partial charge in [-0.15, -0.1) is 0 Å². The van der Waals surface area contributed by atoms with Crippen LogP contribution in [0.15, 0.2) is 41.4 Å². The highest BCUT2D eigenvalue weighted by Gasteiger charge is 2.17. The maximum absolute atomic E-state index is 12.8. The van der Waals surface area contributed by atoms with Gasteiger partial charge in [-0.3, -0.25) is 9.79 Å². The van der Waals surface area contributed by atoms with Crippen LogP contribution in [0, 0.1) is 6.92 Å². The molecule has 6 heteroatoms. The zero-order valence-electron chi connectivity index (χ0n) is 16.7. The lowest BCUT2D eigenvalue weighted by molar-refractivity contribution is 0.0772. The molecule has 0 aliphatic carbocycles. The number of carbonyl (C=O) groups excluding carboxylic acids is 1. The zero-order chi connectivity index (χ0) is 20.4. The van der Waals surface area contributed by atoms with Gasteiger partial charge in [-0.1, -0.05) is 6.07 Å². The first kappa shape index (κ1) is 19.5. The number of nitrogens with one attached hydrogen (secondary N) is 1. The van der Waals surface area contributed by atoms with Crippen LogP contribution in [0.5, 0.6) is 5.88 Å². The molecule has 0 spiro atoms. The Kier molecular flexibility index (Phi) is 5.40. The number of rotatable bonds is 5. The molecule has 0 saturated carbocycles. The standard InChI is InChI=1S/C22H26N4O2/c1-5-26(6-2)22(28)17-12-16(9-7-13(17)3)24-14(4)20-18-11-15(23)8-10-19(18)25-21(20)27/h7-12,25,27H,5-6,23H2,1-4H3. The van der Waals surface area contributed by atoms with Crippen molar-refractivity contribution in [1.29, 1.82) is 0 Å². The minimum absolute atomic E-state index is 0.0000759. The number of aliphatic imine (C=N–C) groups is 1. The molecule has 0 unspecified atom stereocenters. The normalized spacial score (nSPS) is 11.8. The molecule has 3 aromatic rings. The van der Waals surface area contributed by atoms with Gasteiger partial charge < -0.3 is 20.7 Å². The SMILES string of the molecule is CCN(CC)C(=O)c1cc(N=C(C)c2c(O)[nH]c3ccc(N)cc23)ccc1C. The number of nitrogen functional groups attached to an aromatic ring is 1. The Hall–Kier alpha value is -3.28. The molecular weight excluding hydrogens is 352 g/mol. The summed E-state index contributed by atoms with van der Waals surface area (Å²) in [4.78, 5) is 22.2. The molecule has 0 radical (unpaired) electrons. The van der Waals surface area contributed by atoms with Crippen molar-refractivity contribution in [3.8, 4) is 5.88 Å². The highest BCUT2D eigenvalue weighted by molar-refractivity contribution is 6.13. The van der Waals surface area contributed by atoms with Gasteiger partial charge in [0.15, 0.2) is 5.88 Å². The molecule has 0 saturated heterocycles. The second-order valence-corrected chi connectivity index (χ2v) is 6.83. The fourth-order valence-electron chi connectivity index (χ4n) is 3.40. The molecule has 0 bridgehead atoms. The van der Waals surface area contributed by atoms with Gasteiger partial charge >= 0.3 is 0 Å². The van der Waals surface area contributed by atoms with Crippen LogP contribution in [-0.4, -0.2) is 39.7 Å². The smallest absolute Gasteiger partial charge is 0.254 e. The summed E-state index contributed by atoms with van der Waals surface area (Å²) in [6, 6.07) is 11.0. The predicted molar refractivity (Wildman–Crippen MR) is 115 cm³/mol. The number of carbonyl (C=O) groups is 1. The molecule has 0 aliphatic rings. The van der Waals surface area contributed by atoms with E-state index in [4.69, 9.17) is 5.73 Å². The van der Waals surface area contributed by atoms with Crippen LogP contribution in [0.3, 0.4) is 0 Å². The Labute approximate surface area is 164 Å². The Morgan fingerprint density at radius 3 is 2.57 bits per heavy atom. The summed E-state index contributed by atoms with van der Waals surface area (Å²) in [5.74, 6) is 0.0494. The summed E-state index contributed by atoms with van der Waals surface area (Å²) < 4.78 is 0. The van der Waals surface area contributed by atoms with Crippen LogP contribution in [0.2, 0.25) is 0 Å². The largest absolute Gasteiger partial charge is 0.494 e. The van der Waals surface area contributed by atoms with E-state index >= 15 is 0 Å². The van der Waals surface area contributed by atoms with Crippen molar-refractivity contribution in [2.75, 3.05) is 18.8 Å². The number of hydrogen-bond acceptors (Lipinski definition) is 4. The third-order valence-corrected chi connectivity index (χ3v) is 4.96. The number of amides is 1. The lowest BCUT2D eigenvalue weighted by Gasteiger charge is -2.20. The highest BCUT2D eigenvalue weighted by Crippen LogP contribution is 2.30. The molecule has 1 aromatic heterocycles. The molecule has 1 heterocycles. The maximum atomic E-state index is 12.8. The van der Waals surface area contributed by atoms with E-state index in [1.807, 2.05) is 52.0 Å². The van der Waals surface area contributed by atoms with E-state index in [1.54, 1.807) is 17.0 Å². The van der Waals surface area contributed by atoms with Crippen molar-refractivity contribution >= 4 is 33.9 Å². The van der Waals surface area contributed by atoms with Crippen LogP contribution < -0.4 is 5.73 Å². The molecule has 1 amide bonds. The van der Waals surface area contributed by atoms with Crippen molar-refractivity contribution in [3.63, 3.8) is 0 Å². The van der Waals surface area contributed by atoms with Gasteiger partial charge in [0.05, 0.1) is 17.0 Å². The third kappa shape index (κ3) is 3.58. The number of aromatic amines is 1. The van der Waals surface area contributed by atoms with Crippen LogP contribution in [0.4, 0.5) is 11.4 Å². The molecule has 146 valence electrons. The fourth-order valence-corrected chi connectivity index (χ4v) is 3.40. The first-order valence-corrected chi connectivity index (χ1v) is 9.41. The van der Waals surface area contributed by atoms with E-state index in [1.165, 1.54) is 0 Å². The molecule has 4 N–H and O–H groups in total. The van der Waals surface area contributed by atoms with E-state index in [9.17, 15) is 9.90 Å². The van der Waals surface area contributed by atoms with E-state index in [0.717, 1.165) is 16.5 Å². The Morgan fingerprint density at radius 2 is 1.89 bits per heavy atom. The summed E-state index contributed by atoms with van der Waals surface area (Å²) in [6.07, 6.45) is 0. The molecule has 0 atom stereocenters. The van der Waals surface area contributed by atoms with Gasteiger partial charge in [-0.25, -0.2) is 0 Å². The average molecular weight is 378 g/mol. The van der Waals surface area contributed by atoms with Crippen molar-refractivity contribution in [3.05, 3.63) is 53.1 Å². The van der Waals surface area contributed by atoms with Gasteiger partial charge in [0.2, 0.25) is 0 Å². The Bertz CT molecular complexity index is 1060. The molecular formula is C22H26N4O2. The lowest BCUT2D eigenvalue weighted by Crippen LogP contribution is -2.30. The summed E-state index contributed by atoms with van der Waals surface area (Å²) in [5, 5.41) is 11.2. The van der Waals surface area contributed by atoms with Crippen molar-refractivity contribution in [2.45, 2.75) is 27.7 Å². The number of nitrogens with zero attached hydrogens (tertiary/aromatic N) is 2. The Morgan fingerprint density at radius 1 is 1.18 bits per heavy atom. The average Bonchev–Trinajstić information content (AvgIpc) is 2.99. The van der Waals surface area contributed by atoms with Crippen molar-refractivity contribution < 1.29 is 9.90 Å². The number of fused-ring (bicyclic) bond motifs is 1. The molecule has 28 heavy (non-hydrogen) atoms. The molecule has 3 rings (SSSR count). The van der Waals surface area contributed by atoms with Gasteiger partial charge in [0.1, 0.15) is 0 Å². The topological polar surface area (TPSA) is 94.7 Å². The van der Waals surface area contributed by atoms with Crippen LogP contribution >= 0.6 is 0 Å². The molecule has 2 aromatic carbocycles. The number of nitrogens with two attached hydrogens (primary N) is 1. The van der Waals surface area contributed by atoms with E-state index in [-0.39, 0.29) is 11.8 Å². The minimum Gasteiger partial charge on any atom is -0.494 e. The second kappa shape index (κ2) is 7.76. The summed E-state index contributed by atoms with van der Waals surface area (Å²) in [6.45, 7) is 9.00. The summed E-state index contributed by atoms with van der Waals surface area (Å²) in [5.41, 5.74) is 10.8. The van der Waals surface area contributed by atoms with Crippen LogP contribution in [0.1, 0.15) is 42.3 Å². The van der Waals surface area contributed by atoms with Crippen molar-refractivity contribution in [2.24, 2.45) is 4.99 Å². The van der Waals surface area contributed by atoms with Gasteiger partial charge in [-0.2, -0.15) is 0 Å². The number of benzene rings is 2. The monoisotopic (exact) mass is 378 g/mol. The van der Waals surface area contributed by atoms with Gasteiger partial charge in [0, 0.05) is 35.2 Å². The maximum Gasteiger partial charge on any atom is 0.254 e. The Balaban J connectivity index is 2.05. The third-order valence-electron chi connectivity index (χ3n) is 4.96. The fraction of sp³-hybridized carbons (Fsp3) is 0.273. The van der Waals surface area contributed by atoms with Crippen molar-refractivity contribution in [1.82, 2.24) is 9.88 Å². The van der Waals surface area contributed by atoms with E-state index < -0.39 is 0 Å². The minimum atomic E-state index is -0.0000759. The summed E-state index contributed by atoms with van der Waals surface area (Å²) in [7, 11) is 0. The predicted octanol–water partition coefficient (Wildman–Crippen LogP) is 4.39. The van der Waals surface area contributed by atoms with E-state index in [0.29, 0.717) is 41.3 Å². The molecule has 6 nitrogen and oxygen atoms in total. The van der Waals surface area contributed by atoms with E-state index in [2.05, 4.69) is 9.98 Å². The number of H-pyrrole nitrogens is 1. The first-order valence-electron chi connectivity index (χ1n) is 9.41. The molecule has 0 fully saturated rings. The number of aromatic hydroxyl groups is 1. The second-order valence-electron chi connectivity index (χ2n) is 6.83. The van der Waals surface area contributed by atoms with Crippen LogP contribution in [-0.2, 0) is 0 Å². The van der Waals surface area contributed by atoms with Gasteiger partial charge in [-0.05, 0) is 63.6 Å². The summed E-state index contributed by atoms with van der Waals surface area (Å²) >= 11 is 0. The lowest BCUT2D eigenvalue weighted by atomic mass is 10.1. The number of aryl methyl sites for hydroxylation is 1. The number of hydrogen-bond donors (Lipinski definition) is 3.